The molecule has 1 atom stereocenters. The maximum atomic E-state index is 13.0. The first-order chi connectivity index (χ1) is 40.0. The second-order valence-corrected chi connectivity index (χ2v) is 22.7. The largest absolute Gasteiger partial charge is 0.462 e. The zero-order valence-corrected chi connectivity index (χ0v) is 53.3. The first-order valence-corrected chi connectivity index (χ1v) is 34.4. The number of carbonyl (C=O) groups is 3. The Kier molecular flexibility index (Phi) is 65.2. The highest BCUT2D eigenvalue weighted by atomic mass is 16.6. The zero-order chi connectivity index (χ0) is 58.5. The molecular formula is C75H128O6. The van der Waals surface area contributed by atoms with Crippen molar-refractivity contribution in [1.29, 1.82) is 0 Å². The molecule has 0 rings (SSSR count). The lowest BCUT2D eigenvalue weighted by molar-refractivity contribution is -0.167. The number of esters is 3. The minimum atomic E-state index is -0.799. The monoisotopic (exact) mass is 1120 g/mol. The third-order valence-electron chi connectivity index (χ3n) is 14.8. The normalized spacial score (nSPS) is 12.8. The highest BCUT2D eigenvalue weighted by Gasteiger charge is 2.19. The summed E-state index contributed by atoms with van der Waals surface area (Å²) in [7, 11) is 0. The van der Waals surface area contributed by atoms with Crippen LogP contribution in [0.2, 0.25) is 0 Å². The maximum absolute atomic E-state index is 13.0. The van der Waals surface area contributed by atoms with Crippen molar-refractivity contribution in [2.24, 2.45) is 0 Å². The van der Waals surface area contributed by atoms with E-state index in [0.717, 1.165) is 128 Å². The quantitative estimate of drug-likeness (QED) is 0.0261. The van der Waals surface area contributed by atoms with Gasteiger partial charge in [0.15, 0.2) is 6.10 Å². The van der Waals surface area contributed by atoms with Gasteiger partial charge in [0.1, 0.15) is 13.2 Å². The van der Waals surface area contributed by atoms with E-state index in [-0.39, 0.29) is 31.1 Å². The van der Waals surface area contributed by atoms with Gasteiger partial charge < -0.3 is 14.2 Å². The van der Waals surface area contributed by atoms with E-state index in [0.29, 0.717) is 19.3 Å². The Labute approximate surface area is 501 Å². The van der Waals surface area contributed by atoms with E-state index in [1.54, 1.807) is 0 Å². The van der Waals surface area contributed by atoms with Gasteiger partial charge in [0, 0.05) is 19.3 Å². The fourth-order valence-electron chi connectivity index (χ4n) is 9.70. The molecule has 6 heteroatoms. The van der Waals surface area contributed by atoms with E-state index in [2.05, 4.69) is 130 Å². The molecule has 0 N–H and O–H groups in total. The minimum Gasteiger partial charge on any atom is -0.462 e. The van der Waals surface area contributed by atoms with Gasteiger partial charge in [-0.2, -0.15) is 0 Å². The summed E-state index contributed by atoms with van der Waals surface area (Å²) in [6.45, 7) is 6.42. The predicted octanol–water partition coefficient (Wildman–Crippen LogP) is 23.8. The van der Waals surface area contributed by atoms with Crippen molar-refractivity contribution < 1.29 is 28.6 Å². The van der Waals surface area contributed by atoms with Gasteiger partial charge in [0.05, 0.1) is 0 Å². The van der Waals surface area contributed by atoms with Crippen LogP contribution in [0.5, 0.6) is 0 Å². The Hall–Kier alpha value is -3.93. The average molecular weight is 1130 g/mol. The molecule has 0 aliphatic rings. The Morgan fingerprint density at radius 1 is 0.259 bits per heavy atom. The summed E-state index contributed by atoms with van der Waals surface area (Å²) in [6.07, 6.45) is 93.9. The molecule has 0 aromatic carbocycles. The van der Waals surface area contributed by atoms with Gasteiger partial charge >= 0.3 is 17.9 Å². The van der Waals surface area contributed by atoms with Crippen LogP contribution in [0.3, 0.4) is 0 Å². The molecule has 81 heavy (non-hydrogen) atoms. The van der Waals surface area contributed by atoms with E-state index in [4.69, 9.17) is 14.2 Å². The van der Waals surface area contributed by atoms with Crippen LogP contribution in [0, 0.1) is 0 Å². The summed E-state index contributed by atoms with van der Waals surface area (Å²) >= 11 is 0. The summed E-state index contributed by atoms with van der Waals surface area (Å²) in [5, 5.41) is 0. The Bertz CT molecular complexity index is 1620. The summed E-state index contributed by atoms with van der Waals surface area (Å²) in [5.74, 6) is -0.919. The topological polar surface area (TPSA) is 78.9 Å². The summed E-state index contributed by atoms with van der Waals surface area (Å²) < 4.78 is 17.0. The lowest BCUT2D eigenvalue weighted by atomic mass is 10.0. The molecule has 6 nitrogen and oxygen atoms in total. The van der Waals surface area contributed by atoms with Crippen LogP contribution in [0.15, 0.2) is 109 Å². The molecule has 1 unspecified atom stereocenters. The molecule has 464 valence electrons. The molecule has 0 saturated heterocycles. The van der Waals surface area contributed by atoms with E-state index >= 15 is 0 Å². The SMILES string of the molecule is CC/C=C\C/C=C\C/C=C\C/C=C\C/C=C\CCCCCC(=O)OCC(COC(=O)CCCCCCCCCCCCCCCCCCCCCCCCC)OC(=O)CCCCCCCCCC/C=C\C/C=C\C/C=C\C/C=C\CC. The average Bonchev–Trinajstić information content (AvgIpc) is 3.47. The van der Waals surface area contributed by atoms with Crippen LogP contribution in [0.1, 0.15) is 329 Å². The number of hydrogen-bond acceptors (Lipinski definition) is 6. The van der Waals surface area contributed by atoms with Gasteiger partial charge in [-0.1, -0.05) is 316 Å². The van der Waals surface area contributed by atoms with E-state index in [1.807, 2.05) is 0 Å². The van der Waals surface area contributed by atoms with Crippen molar-refractivity contribution in [2.75, 3.05) is 13.2 Å². The van der Waals surface area contributed by atoms with Gasteiger partial charge in [-0.3, -0.25) is 14.4 Å². The molecule has 0 heterocycles. The maximum Gasteiger partial charge on any atom is 0.306 e. The van der Waals surface area contributed by atoms with Gasteiger partial charge in [-0.25, -0.2) is 0 Å². The van der Waals surface area contributed by atoms with E-state index in [1.165, 1.54) is 161 Å². The fraction of sp³-hybridized carbons (Fsp3) is 0.720. The van der Waals surface area contributed by atoms with E-state index < -0.39 is 6.10 Å². The highest BCUT2D eigenvalue weighted by Crippen LogP contribution is 2.17. The molecule has 0 saturated carbocycles. The van der Waals surface area contributed by atoms with Gasteiger partial charge in [-0.15, -0.1) is 0 Å². The molecule has 0 amide bonds. The van der Waals surface area contributed by atoms with Crippen LogP contribution < -0.4 is 0 Å². The molecule has 0 aromatic heterocycles. The van der Waals surface area contributed by atoms with E-state index in [9.17, 15) is 14.4 Å². The Balaban J connectivity index is 4.42. The predicted molar refractivity (Wildman–Crippen MR) is 353 cm³/mol. The molecule has 0 aliphatic carbocycles. The fourth-order valence-corrected chi connectivity index (χ4v) is 9.70. The van der Waals surface area contributed by atoms with Gasteiger partial charge in [-0.05, 0) is 103 Å². The second kappa shape index (κ2) is 68.6. The number of ether oxygens (including phenoxy) is 3. The van der Waals surface area contributed by atoms with Crippen molar-refractivity contribution in [3.05, 3.63) is 109 Å². The molecule has 0 spiro atoms. The van der Waals surface area contributed by atoms with Crippen LogP contribution in [0.25, 0.3) is 0 Å². The van der Waals surface area contributed by atoms with Crippen molar-refractivity contribution in [1.82, 2.24) is 0 Å². The lowest BCUT2D eigenvalue weighted by Gasteiger charge is -2.18. The van der Waals surface area contributed by atoms with Crippen molar-refractivity contribution in [2.45, 2.75) is 335 Å². The third kappa shape index (κ3) is 66.8. The standard InChI is InChI=1S/C75H128O6/c1-4-7-10-13-16-19-22-25-28-31-34-36-37-39-41-44-47-50-53-56-59-62-65-68-74(77)80-71-72(70-79-73(76)67-64-61-58-55-52-49-46-43-40-33-30-27-24-21-18-15-12-9-6-3)81-75(78)69-66-63-60-57-54-51-48-45-42-38-35-32-29-26-23-20-17-14-11-8-5-2/h8-9,11-12,17-18,20-21,26-27,29-30,35,38,40,43,49,52,72H,4-7,10,13-16,19,22-25,28,31-34,36-37,39,41-42,44-48,50-51,53-71H2,1-3H3/b11-8-,12-9-,20-17-,21-18-,29-26-,30-27-,38-35-,43-40-,52-49-. The number of rotatable bonds is 62. The van der Waals surface area contributed by atoms with Crippen LogP contribution in [-0.4, -0.2) is 37.2 Å². The first kappa shape index (κ1) is 77.1. The summed E-state index contributed by atoms with van der Waals surface area (Å²) in [4.78, 5) is 38.5. The lowest BCUT2D eigenvalue weighted by Crippen LogP contribution is -2.30. The molecule has 0 bridgehead atoms. The zero-order valence-electron chi connectivity index (χ0n) is 53.3. The molecular weight excluding hydrogens is 997 g/mol. The molecule has 0 radical (unpaired) electrons. The molecule has 0 aromatic rings. The minimum absolute atomic E-state index is 0.0905. The van der Waals surface area contributed by atoms with Crippen molar-refractivity contribution >= 4 is 17.9 Å². The molecule has 0 aliphatic heterocycles. The van der Waals surface area contributed by atoms with Crippen LogP contribution in [-0.2, 0) is 28.6 Å². The van der Waals surface area contributed by atoms with Crippen LogP contribution in [0.4, 0.5) is 0 Å². The number of carbonyl (C=O) groups excluding carboxylic acids is 3. The second-order valence-electron chi connectivity index (χ2n) is 22.7. The summed E-state index contributed by atoms with van der Waals surface area (Å²) in [5.41, 5.74) is 0. The van der Waals surface area contributed by atoms with Crippen molar-refractivity contribution in [3.63, 3.8) is 0 Å². The van der Waals surface area contributed by atoms with Crippen molar-refractivity contribution in [3.8, 4) is 0 Å². The Morgan fingerprint density at radius 3 is 0.765 bits per heavy atom. The Morgan fingerprint density at radius 2 is 0.481 bits per heavy atom. The van der Waals surface area contributed by atoms with Gasteiger partial charge in [0.2, 0.25) is 0 Å². The third-order valence-corrected chi connectivity index (χ3v) is 14.8. The smallest absolute Gasteiger partial charge is 0.306 e. The number of unbranched alkanes of at least 4 members (excludes halogenated alkanes) is 33. The van der Waals surface area contributed by atoms with Gasteiger partial charge in [0.25, 0.3) is 0 Å². The highest BCUT2D eigenvalue weighted by molar-refractivity contribution is 5.71. The number of hydrogen-bond donors (Lipinski definition) is 0. The molecule has 0 fully saturated rings. The number of allylic oxidation sites excluding steroid dienone is 18. The first-order valence-electron chi connectivity index (χ1n) is 34.4. The van der Waals surface area contributed by atoms with Crippen LogP contribution >= 0.6 is 0 Å². The summed E-state index contributed by atoms with van der Waals surface area (Å²) in [6, 6.07) is 0.